The third-order valence-corrected chi connectivity index (χ3v) is 4.71. The summed E-state index contributed by atoms with van der Waals surface area (Å²) in [6, 6.07) is 1.20. The van der Waals surface area contributed by atoms with Crippen LogP contribution in [0.4, 0.5) is 16.6 Å². The number of aliphatic hydroxyl groups is 1. The van der Waals surface area contributed by atoms with Crippen LogP contribution in [0.5, 0.6) is 5.88 Å². The lowest BCUT2D eigenvalue weighted by atomic mass is 10.0. The molecule has 2 amide bonds. The number of aryl methyl sites for hydroxylation is 1. The minimum absolute atomic E-state index is 0.0127. The van der Waals surface area contributed by atoms with E-state index in [-0.39, 0.29) is 35.3 Å². The van der Waals surface area contributed by atoms with Crippen molar-refractivity contribution in [3.63, 3.8) is 0 Å². The number of amides is 2. The lowest BCUT2D eigenvalue weighted by molar-refractivity contribution is 0.0890. The van der Waals surface area contributed by atoms with E-state index in [2.05, 4.69) is 20.3 Å². The number of fused-ring (bicyclic) bond motifs is 1. The molecule has 0 unspecified atom stereocenters. The Kier molecular flexibility index (Phi) is 7.14. The number of aromatic nitrogens is 3. The molecule has 2 aromatic rings. The molecule has 3 heterocycles. The van der Waals surface area contributed by atoms with Crippen LogP contribution in [0, 0.1) is 0 Å². The first-order chi connectivity index (χ1) is 14.5. The van der Waals surface area contributed by atoms with E-state index in [9.17, 15) is 14.7 Å². The number of hydrogen-bond acceptors (Lipinski definition) is 8. The van der Waals surface area contributed by atoms with Gasteiger partial charge in [-0.1, -0.05) is 11.6 Å². The minimum atomic E-state index is -0.504. The highest BCUT2D eigenvalue weighted by Gasteiger charge is 2.26. The Morgan fingerprint density at radius 2 is 2.27 bits per heavy atom. The number of carbonyl (C=O) groups excluding carboxylic acids is 2. The van der Waals surface area contributed by atoms with Gasteiger partial charge in [0.2, 0.25) is 11.8 Å². The van der Waals surface area contributed by atoms with Crippen molar-refractivity contribution in [2.24, 2.45) is 0 Å². The second-order valence-electron chi connectivity index (χ2n) is 6.71. The minimum Gasteiger partial charge on any atom is -0.471 e. The summed E-state index contributed by atoms with van der Waals surface area (Å²) >= 11 is 6.08. The molecule has 3 rings (SSSR count). The van der Waals surface area contributed by atoms with Gasteiger partial charge >= 0.3 is 6.03 Å². The molecule has 1 atom stereocenters. The number of methoxy groups -OCH3 is 1. The Labute approximate surface area is 178 Å². The van der Waals surface area contributed by atoms with Gasteiger partial charge in [0.15, 0.2) is 6.29 Å². The van der Waals surface area contributed by atoms with Crippen LogP contribution in [0.15, 0.2) is 12.3 Å². The second kappa shape index (κ2) is 9.79. The summed E-state index contributed by atoms with van der Waals surface area (Å²) in [5.74, 6) is 0.510. The molecule has 2 aromatic heterocycles. The molecule has 1 aliphatic heterocycles. The molecule has 1 aliphatic rings. The van der Waals surface area contributed by atoms with Gasteiger partial charge in [-0.25, -0.2) is 14.8 Å². The van der Waals surface area contributed by atoms with Gasteiger partial charge in [-0.3, -0.25) is 15.0 Å². The molecule has 0 radical (unpaired) electrons. The number of halogens is 1. The zero-order valence-electron chi connectivity index (χ0n) is 16.6. The quantitative estimate of drug-likeness (QED) is 0.634. The van der Waals surface area contributed by atoms with Crippen LogP contribution in [0.3, 0.4) is 0 Å². The zero-order chi connectivity index (χ0) is 21.7. The largest absolute Gasteiger partial charge is 0.471 e. The van der Waals surface area contributed by atoms with E-state index < -0.39 is 6.03 Å². The highest BCUT2D eigenvalue weighted by atomic mass is 35.5. The van der Waals surface area contributed by atoms with Crippen molar-refractivity contribution in [1.82, 2.24) is 15.0 Å². The standard InChI is InChI=1S/C19H22ClN5O5/c1-11(10-29-2)30-17-14(20)7-21-18(23-17)24-19(28)25-5-3-4-12-6-13(8-26)15(9-27)22-16(12)25/h6-7,9,11,26H,3-5,8,10H2,1-2H3,(H,21,23,24,28)/t11-/m1/s1. The molecular formula is C19H22ClN5O5. The SMILES string of the molecule is COC[C@@H](C)Oc1nc(NC(=O)N2CCCc3cc(CO)c(C=O)nc32)ncc1Cl. The number of aliphatic hydroxyl groups excluding tert-OH is 1. The number of nitrogens with zero attached hydrogens (tertiary/aromatic N) is 4. The Bertz CT molecular complexity index is 942. The summed E-state index contributed by atoms with van der Waals surface area (Å²) in [7, 11) is 1.55. The number of aldehydes is 1. The van der Waals surface area contributed by atoms with Gasteiger partial charge in [0.1, 0.15) is 22.6 Å². The molecule has 0 saturated heterocycles. The molecule has 0 fully saturated rings. The summed E-state index contributed by atoms with van der Waals surface area (Å²) < 4.78 is 10.6. The van der Waals surface area contributed by atoms with E-state index in [0.29, 0.717) is 43.7 Å². The number of ether oxygens (including phenoxy) is 2. The second-order valence-corrected chi connectivity index (χ2v) is 7.11. The highest BCUT2D eigenvalue weighted by Crippen LogP contribution is 2.28. The summed E-state index contributed by atoms with van der Waals surface area (Å²) in [6.45, 7) is 2.24. The molecule has 0 aliphatic carbocycles. The molecule has 0 saturated carbocycles. The maximum absolute atomic E-state index is 12.9. The average Bonchev–Trinajstić information content (AvgIpc) is 2.74. The van der Waals surface area contributed by atoms with Gasteiger partial charge in [-0.2, -0.15) is 4.98 Å². The fourth-order valence-electron chi connectivity index (χ4n) is 3.10. The fourth-order valence-corrected chi connectivity index (χ4v) is 3.24. The molecule has 0 spiro atoms. The normalized spacial score (nSPS) is 14.1. The molecule has 0 aromatic carbocycles. The molecule has 2 N–H and O–H groups in total. The molecule has 0 bridgehead atoms. The summed E-state index contributed by atoms with van der Waals surface area (Å²) in [5.41, 5.74) is 1.31. The third kappa shape index (κ3) is 4.84. The van der Waals surface area contributed by atoms with Crippen LogP contribution >= 0.6 is 11.6 Å². The van der Waals surface area contributed by atoms with E-state index in [4.69, 9.17) is 21.1 Å². The van der Waals surface area contributed by atoms with Crippen LogP contribution in [0.25, 0.3) is 0 Å². The van der Waals surface area contributed by atoms with E-state index in [1.54, 1.807) is 20.1 Å². The van der Waals surface area contributed by atoms with Crippen molar-refractivity contribution < 1.29 is 24.2 Å². The number of urea groups is 1. The van der Waals surface area contributed by atoms with Gasteiger partial charge in [-0.05, 0) is 31.4 Å². The average molecular weight is 436 g/mol. The van der Waals surface area contributed by atoms with Gasteiger partial charge in [-0.15, -0.1) is 0 Å². The number of hydrogen-bond donors (Lipinski definition) is 2. The van der Waals surface area contributed by atoms with Gasteiger partial charge in [0, 0.05) is 19.2 Å². The fraction of sp³-hybridized carbons (Fsp3) is 0.421. The van der Waals surface area contributed by atoms with E-state index in [0.717, 1.165) is 5.56 Å². The van der Waals surface area contributed by atoms with Crippen molar-refractivity contribution >= 4 is 35.7 Å². The summed E-state index contributed by atoms with van der Waals surface area (Å²) in [5, 5.41) is 12.2. The van der Waals surface area contributed by atoms with E-state index >= 15 is 0 Å². The number of pyridine rings is 1. The van der Waals surface area contributed by atoms with Crippen molar-refractivity contribution in [1.29, 1.82) is 0 Å². The van der Waals surface area contributed by atoms with Crippen molar-refractivity contribution in [2.75, 3.05) is 30.5 Å². The Morgan fingerprint density at radius 3 is 2.97 bits per heavy atom. The first-order valence-corrected chi connectivity index (χ1v) is 9.70. The molecule has 30 heavy (non-hydrogen) atoms. The number of nitrogens with one attached hydrogen (secondary N) is 1. The first kappa shape index (κ1) is 21.9. The summed E-state index contributed by atoms with van der Waals surface area (Å²) in [6.07, 6.45) is 2.98. The topological polar surface area (TPSA) is 127 Å². The Morgan fingerprint density at radius 1 is 1.47 bits per heavy atom. The van der Waals surface area contributed by atoms with E-state index in [1.165, 1.54) is 11.1 Å². The first-order valence-electron chi connectivity index (χ1n) is 9.32. The molecular weight excluding hydrogens is 414 g/mol. The molecule has 160 valence electrons. The van der Waals surface area contributed by atoms with E-state index in [1.807, 2.05) is 0 Å². The zero-order valence-corrected chi connectivity index (χ0v) is 17.3. The van der Waals surface area contributed by atoms with Gasteiger partial charge < -0.3 is 14.6 Å². The smallest absolute Gasteiger partial charge is 0.329 e. The van der Waals surface area contributed by atoms with Crippen molar-refractivity contribution in [3.8, 4) is 5.88 Å². The Balaban J connectivity index is 1.81. The maximum atomic E-state index is 12.9. The Hall–Kier alpha value is -2.82. The number of anilines is 2. The maximum Gasteiger partial charge on any atom is 0.329 e. The third-order valence-electron chi connectivity index (χ3n) is 4.45. The number of carbonyl (C=O) groups is 2. The van der Waals surface area contributed by atoms with Crippen molar-refractivity contribution in [2.45, 2.75) is 32.5 Å². The summed E-state index contributed by atoms with van der Waals surface area (Å²) in [4.78, 5) is 38.0. The van der Waals surface area contributed by atoms with Gasteiger partial charge in [0.25, 0.3) is 0 Å². The van der Waals surface area contributed by atoms with Crippen LogP contribution < -0.4 is 15.0 Å². The predicted octanol–water partition coefficient (Wildman–Crippen LogP) is 2.23. The lowest BCUT2D eigenvalue weighted by Gasteiger charge is -2.28. The van der Waals surface area contributed by atoms with Crippen LogP contribution in [0.2, 0.25) is 5.02 Å². The van der Waals surface area contributed by atoms with Crippen molar-refractivity contribution in [3.05, 3.63) is 34.1 Å². The highest BCUT2D eigenvalue weighted by molar-refractivity contribution is 6.31. The number of rotatable bonds is 7. The lowest BCUT2D eigenvalue weighted by Crippen LogP contribution is -2.40. The van der Waals surface area contributed by atoms with Crippen LogP contribution in [-0.2, 0) is 17.8 Å². The monoisotopic (exact) mass is 435 g/mol. The predicted molar refractivity (Wildman–Crippen MR) is 109 cm³/mol. The molecule has 10 nitrogen and oxygen atoms in total. The van der Waals surface area contributed by atoms with Crippen LogP contribution in [-0.4, -0.2) is 58.7 Å². The van der Waals surface area contributed by atoms with Gasteiger partial charge in [0.05, 0.1) is 19.4 Å². The van der Waals surface area contributed by atoms with Crippen LogP contribution in [0.1, 0.15) is 35.0 Å². The molecule has 11 heteroatoms.